The second-order valence-electron chi connectivity index (χ2n) is 6.70. The van der Waals surface area contributed by atoms with Gasteiger partial charge < -0.3 is 0 Å². The molecule has 0 saturated carbocycles. The van der Waals surface area contributed by atoms with E-state index in [9.17, 15) is 0 Å². The molecule has 0 spiro atoms. The number of allylic oxidation sites excluding steroid dienone is 2. The molecule has 25 heavy (non-hydrogen) atoms. The van der Waals surface area contributed by atoms with Gasteiger partial charge in [-0.15, -0.1) is 0 Å². The molecule has 0 atom stereocenters. The van der Waals surface area contributed by atoms with Gasteiger partial charge in [0.05, 0.1) is 0 Å². The van der Waals surface area contributed by atoms with Crippen LogP contribution in [-0.2, 0) is 6.42 Å². The lowest BCUT2D eigenvalue weighted by Crippen LogP contribution is -1.90. The molecule has 3 aromatic rings. The van der Waals surface area contributed by atoms with Crippen molar-refractivity contribution in [3.63, 3.8) is 0 Å². The first kappa shape index (κ1) is 17.0. The maximum atomic E-state index is 4.27. The minimum absolute atomic E-state index is 0.861. The van der Waals surface area contributed by atoms with E-state index in [0.29, 0.717) is 0 Å². The van der Waals surface area contributed by atoms with E-state index in [0.717, 1.165) is 17.6 Å². The number of rotatable bonds is 5. The van der Waals surface area contributed by atoms with Crippen LogP contribution in [0.25, 0.3) is 22.3 Å². The number of aryl methyl sites for hydroxylation is 1. The third-order valence-electron chi connectivity index (χ3n) is 4.54. The Labute approximate surface area is 151 Å². The molecule has 0 amide bonds. The number of hydrogen-bond donors (Lipinski definition) is 0. The molecule has 0 saturated heterocycles. The van der Waals surface area contributed by atoms with Crippen LogP contribution in [0.3, 0.4) is 0 Å². The van der Waals surface area contributed by atoms with E-state index in [-0.39, 0.29) is 0 Å². The summed E-state index contributed by atoms with van der Waals surface area (Å²) in [5.41, 5.74) is 9.66. The normalized spacial score (nSPS) is 10.5. The van der Waals surface area contributed by atoms with Crippen molar-refractivity contribution in [2.24, 2.45) is 0 Å². The van der Waals surface area contributed by atoms with Gasteiger partial charge in [-0.2, -0.15) is 0 Å². The summed E-state index contributed by atoms with van der Waals surface area (Å²) in [6.07, 6.45) is 0.861. The fourth-order valence-electron chi connectivity index (χ4n) is 2.90. The molecule has 0 nitrogen and oxygen atoms in total. The zero-order valence-corrected chi connectivity index (χ0v) is 15.0. The Hall–Kier alpha value is -2.86. The maximum Gasteiger partial charge on any atom is -0.00257 e. The molecule has 0 bridgehead atoms. The Kier molecular flexibility index (Phi) is 5.00. The quantitative estimate of drug-likeness (QED) is 0.476. The van der Waals surface area contributed by atoms with Crippen LogP contribution in [0.4, 0.5) is 0 Å². The summed E-state index contributed by atoms with van der Waals surface area (Å²) in [5.74, 6) is 0. The second kappa shape index (κ2) is 7.36. The van der Waals surface area contributed by atoms with Gasteiger partial charge in [-0.1, -0.05) is 97.1 Å². The first-order valence-corrected chi connectivity index (χ1v) is 8.63. The molecule has 0 aliphatic heterocycles. The third-order valence-corrected chi connectivity index (χ3v) is 4.54. The summed E-state index contributed by atoms with van der Waals surface area (Å²) in [6.45, 7) is 12.4. The lowest BCUT2D eigenvalue weighted by atomic mass is 9.96. The number of benzene rings is 3. The van der Waals surface area contributed by atoms with E-state index >= 15 is 0 Å². The van der Waals surface area contributed by atoms with Crippen LogP contribution in [0.2, 0.25) is 0 Å². The van der Waals surface area contributed by atoms with Crippen LogP contribution in [0.1, 0.15) is 29.2 Å². The summed E-state index contributed by atoms with van der Waals surface area (Å²) in [5, 5.41) is 0. The van der Waals surface area contributed by atoms with Crippen LogP contribution in [0.5, 0.6) is 0 Å². The fourth-order valence-corrected chi connectivity index (χ4v) is 2.90. The lowest BCUT2D eigenvalue weighted by Gasteiger charge is -2.09. The third kappa shape index (κ3) is 4.16. The average molecular weight is 324 g/mol. The van der Waals surface area contributed by atoms with Crippen LogP contribution >= 0.6 is 0 Å². The van der Waals surface area contributed by atoms with Crippen molar-refractivity contribution >= 4 is 11.1 Å². The van der Waals surface area contributed by atoms with Gasteiger partial charge in [0.2, 0.25) is 0 Å². The van der Waals surface area contributed by atoms with E-state index in [1.165, 1.54) is 33.4 Å². The highest BCUT2D eigenvalue weighted by Gasteiger charge is 2.03. The van der Waals surface area contributed by atoms with Crippen LogP contribution in [0, 0.1) is 6.92 Å². The topological polar surface area (TPSA) is 0 Å². The fraction of sp³-hybridized carbons (Fsp3) is 0.120. The van der Waals surface area contributed by atoms with Gasteiger partial charge in [0.1, 0.15) is 0 Å². The summed E-state index contributed by atoms with van der Waals surface area (Å²) >= 11 is 0. The molecule has 3 aromatic carbocycles. The molecule has 0 aromatic heterocycles. The van der Waals surface area contributed by atoms with Crippen molar-refractivity contribution in [2.45, 2.75) is 20.3 Å². The standard InChI is InChI=1S/C25H24/c1-18(2)22-11-7-21(8-12-22)17-20(4)23-13-15-25(16-14-23)24-9-5-19(3)6-10-24/h5-16H,1,4,17H2,2-3H3. The second-order valence-corrected chi connectivity index (χ2v) is 6.70. The molecular weight excluding hydrogens is 300 g/mol. The molecule has 3 rings (SSSR count). The molecule has 0 heterocycles. The molecule has 0 unspecified atom stereocenters. The molecule has 0 aliphatic rings. The van der Waals surface area contributed by atoms with Gasteiger partial charge in [0.25, 0.3) is 0 Å². The smallest absolute Gasteiger partial charge is 0.00257 e. The molecule has 124 valence electrons. The highest BCUT2D eigenvalue weighted by atomic mass is 14.1. The summed E-state index contributed by atoms with van der Waals surface area (Å²) in [7, 11) is 0. The average Bonchev–Trinajstić information content (AvgIpc) is 2.63. The summed E-state index contributed by atoms with van der Waals surface area (Å²) < 4.78 is 0. The Bertz CT molecular complexity index is 876. The van der Waals surface area contributed by atoms with Crippen molar-refractivity contribution in [2.75, 3.05) is 0 Å². The zero-order valence-electron chi connectivity index (χ0n) is 15.0. The summed E-state index contributed by atoms with van der Waals surface area (Å²) in [6, 6.07) is 25.9. The first-order valence-electron chi connectivity index (χ1n) is 8.63. The Morgan fingerprint density at radius 2 is 1.16 bits per heavy atom. The van der Waals surface area contributed by atoms with Crippen molar-refractivity contribution in [3.8, 4) is 11.1 Å². The molecule has 0 radical (unpaired) electrons. The van der Waals surface area contributed by atoms with Gasteiger partial charge in [0, 0.05) is 0 Å². The highest BCUT2D eigenvalue weighted by Crippen LogP contribution is 2.24. The van der Waals surface area contributed by atoms with Gasteiger partial charge in [-0.3, -0.25) is 0 Å². The van der Waals surface area contributed by atoms with Gasteiger partial charge in [0.15, 0.2) is 0 Å². The van der Waals surface area contributed by atoms with Gasteiger partial charge >= 0.3 is 0 Å². The summed E-state index contributed by atoms with van der Waals surface area (Å²) in [4.78, 5) is 0. The van der Waals surface area contributed by atoms with E-state index in [1.807, 2.05) is 6.92 Å². The molecule has 0 N–H and O–H groups in total. The van der Waals surface area contributed by atoms with E-state index in [1.54, 1.807) is 0 Å². The Balaban J connectivity index is 1.72. The lowest BCUT2D eigenvalue weighted by molar-refractivity contribution is 1.28. The minimum Gasteiger partial charge on any atom is -0.0955 e. The Morgan fingerprint density at radius 3 is 1.68 bits per heavy atom. The molecular formula is C25H24. The van der Waals surface area contributed by atoms with Crippen LogP contribution in [-0.4, -0.2) is 0 Å². The maximum absolute atomic E-state index is 4.27. The van der Waals surface area contributed by atoms with Crippen LogP contribution in [0.15, 0.2) is 86.0 Å². The molecule has 0 fully saturated rings. The van der Waals surface area contributed by atoms with Crippen molar-refractivity contribution < 1.29 is 0 Å². The molecule has 0 heteroatoms. The van der Waals surface area contributed by atoms with E-state index in [4.69, 9.17) is 0 Å². The van der Waals surface area contributed by atoms with Crippen LogP contribution < -0.4 is 0 Å². The zero-order chi connectivity index (χ0) is 17.8. The van der Waals surface area contributed by atoms with Crippen molar-refractivity contribution in [3.05, 3.63) is 108 Å². The Morgan fingerprint density at radius 1 is 0.680 bits per heavy atom. The van der Waals surface area contributed by atoms with E-state index in [2.05, 4.69) is 92.9 Å². The van der Waals surface area contributed by atoms with E-state index < -0.39 is 0 Å². The first-order chi connectivity index (χ1) is 12.0. The predicted octanol–water partition coefficient (Wildman–Crippen LogP) is 6.95. The predicted molar refractivity (Wildman–Crippen MR) is 111 cm³/mol. The number of hydrogen-bond acceptors (Lipinski definition) is 0. The molecule has 0 aliphatic carbocycles. The largest absolute Gasteiger partial charge is 0.0955 e. The van der Waals surface area contributed by atoms with Crippen molar-refractivity contribution in [1.82, 2.24) is 0 Å². The highest BCUT2D eigenvalue weighted by molar-refractivity contribution is 5.71. The SMILES string of the molecule is C=C(C)c1ccc(CC(=C)c2ccc(-c3ccc(C)cc3)cc2)cc1. The van der Waals surface area contributed by atoms with Crippen molar-refractivity contribution in [1.29, 1.82) is 0 Å². The van der Waals surface area contributed by atoms with Gasteiger partial charge in [-0.05, 0) is 53.7 Å². The minimum atomic E-state index is 0.861. The monoisotopic (exact) mass is 324 g/mol. The van der Waals surface area contributed by atoms with Gasteiger partial charge in [-0.25, -0.2) is 0 Å².